The Hall–Kier alpha value is 0.284. The molecule has 0 saturated carbocycles. The summed E-state index contributed by atoms with van der Waals surface area (Å²) < 4.78 is 0. The fourth-order valence-corrected chi connectivity index (χ4v) is 2.03. The van der Waals surface area contributed by atoms with Gasteiger partial charge in [0, 0.05) is 32.7 Å². The maximum absolute atomic E-state index is 4.13. The van der Waals surface area contributed by atoms with Crippen molar-refractivity contribution >= 4 is 0 Å². The van der Waals surface area contributed by atoms with E-state index in [0.717, 1.165) is 13.0 Å². The minimum Gasteiger partial charge on any atom is -0.338 e. The van der Waals surface area contributed by atoms with Crippen LogP contribution in [0.4, 0.5) is 0 Å². The Bertz CT molecular complexity index is 265. The van der Waals surface area contributed by atoms with E-state index >= 15 is 0 Å². The predicted molar refractivity (Wildman–Crippen MR) is 55.4 cm³/mol. The van der Waals surface area contributed by atoms with Gasteiger partial charge in [-0.2, -0.15) is 0 Å². The second-order valence-electron chi connectivity index (χ2n) is 3.96. The first-order valence-electron chi connectivity index (χ1n) is 4.84. The Morgan fingerprint density at radius 2 is 2.00 bits per heavy atom. The van der Waals surface area contributed by atoms with Gasteiger partial charge in [0.15, 0.2) is 0 Å². The molecule has 0 aliphatic carbocycles. The third-order valence-electron chi connectivity index (χ3n) is 2.92. The van der Waals surface area contributed by atoms with Crippen LogP contribution in [-0.2, 0) is 39.1 Å². The van der Waals surface area contributed by atoms with E-state index in [9.17, 15) is 0 Å². The van der Waals surface area contributed by atoms with Gasteiger partial charge in [0.2, 0.25) is 0 Å². The number of benzene rings is 1. The van der Waals surface area contributed by atoms with Crippen molar-refractivity contribution in [1.29, 1.82) is 0 Å². The summed E-state index contributed by atoms with van der Waals surface area (Å²) in [6.07, 6.45) is 1.14. The quantitative estimate of drug-likeness (QED) is 0.738. The molecule has 2 rings (SSSR count). The number of likely N-dealkylation sites (tertiary alicyclic amines) is 1. The van der Waals surface area contributed by atoms with Crippen LogP contribution in [0.25, 0.3) is 0 Å². The number of hydrogen-bond donors (Lipinski definition) is 0. The Kier molecular flexibility index (Phi) is 4.76. The molecule has 1 aliphatic rings. The molecule has 0 N–H and O–H groups in total. The van der Waals surface area contributed by atoms with Gasteiger partial charge < -0.3 is 11.8 Å². The second-order valence-corrected chi connectivity index (χ2v) is 3.96. The van der Waals surface area contributed by atoms with E-state index in [4.69, 9.17) is 0 Å². The zero-order valence-electron chi connectivity index (χ0n) is 8.69. The molecule has 1 nitrogen and oxygen atoms in total. The Morgan fingerprint density at radius 3 is 2.50 bits per heavy atom. The standard InChI is InChI=1S/C12H16N.Y/c1-10-9-13(2)12(10)8-11-6-4-3-5-7-11;/h3-7,10,12H,1,8-9H2,2H3;/q-1;. The number of likely N-dealkylation sites (N-methyl/N-ethyl adjacent to an activating group) is 1. The van der Waals surface area contributed by atoms with Crippen LogP contribution in [0.5, 0.6) is 0 Å². The van der Waals surface area contributed by atoms with E-state index in [2.05, 4.69) is 49.2 Å². The first-order chi connectivity index (χ1) is 6.27. The Morgan fingerprint density at radius 1 is 1.36 bits per heavy atom. The summed E-state index contributed by atoms with van der Waals surface area (Å²) in [4.78, 5) is 2.38. The van der Waals surface area contributed by atoms with Crippen molar-refractivity contribution in [1.82, 2.24) is 4.90 Å². The van der Waals surface area contributed by atoms with Gasteiger partial charge in [-0.25, -0.2) is 0 Å². The molecule has 1 aromatic rings. The molecular formula is C12H16NY-. The first kappa shape index (κ1) is 12.4. The molecule has 0 bridgehead atoms. The van der Waals surface area contributed by atoms with E-state index < -0.39 is 0 Å². The van der Waals surface area contributed by atoms with Crippen molar-refractivity contribution in [2.45, 2.75) is 12.5 Å². The summed E-state index contributed by atoms with van der Waals surface area (Å²) in [6, 6.07) is 11.3. The molecule has 0 amide bonds. The van der Waals surface area contributed by atoms with Crippen LogP contribution in [0.2, 0.25) is 0 Å². The molecule has 2 unspecified atom stereocenters. The predicted octanol–water partition coefficient (Wildman–Crippen LogP) is 1.99. The second kappa shape index (κ2) is 5.39. The average Bonchev–Trinajstić information content (AvgIpc) is 2.16. The Labute approximate surface area is 112 Å². The van der Waals surface area contributed by atoms with Crippen molar-refractivity contribution in [2.75, 3.05) is 13.6 Å². The van der Waals surface area contributed by atoms with Gasteiger partial charge in [-0.1, -0.05) is 30.3 Å². The van der Waals surface area contributed by atoms with Gasteiger partial charge in [0.1, 0.15) is 0 Å². The smallest absolute Gasteiger partial charge is 0 e. The summed E-state index contributed by atoms with van der Waals surface area (Å²) in [7, 11) is 2.18. The van der Waals surface area contributed by atoms with Crippen LogP contribution >= 0.6 is 0 Å². The van der Waals surface area contributed by atoms with Crippen molar-refractivity contribution in [2.24, 2.45) is 5.92 Å². The molecule has 2 heteroatoms. The minimum absolute atomic E-state index is 0. The summed E-state index contributed by atoms with van der Waals surface area (Å²) in [6.45, 7) is 5.28. The van der Waals surface area contributed by atoms with Crippen molar-refractivity contribution in [3.63, 3.8) is 0 Å². The molecule has 1 aliphatic heterocycles. The van der Waals surface area contributed by atoms with Crippen molar-refractivity contribution in [3.05, 3.63) is 42.8 Å². The third-order valence-corrected chi connectivity index (χ3v) is 2.92. The maximum atomic E-state index is 4.13. The fourth-order valence-electron chi connectivity index (χ4n) is 2.03. The van der Waals surface area contributed by atoms with Crippen molar-refractivity contribution < 1.29 is 32.7 Å². The number of hydrogen-bond acceptors (Lipinski definition) is 1. The Balaban J connectivity index is 0.000000980. The molecule has 1 heterocycles. The van der Waals surface area contributed by atoms with Crippen LogP contribution in [-0.4, -0.2) is 24.5 Å². The third kappa shape index (κ3) is 2.65. The molecule has 0 spiro atoms. The molecule has 1 aromatic carbocycles. The number of nitrogens with zero attached hydrogens (tertiary/aromatic N) is 1. The summed E-state index contributed by atoms with van der Waals surface area (Å²) in [5, 5.41) is 0. The van der Waals surface area contributed by atoms with Gasteiger partial charge in [0.05, 0.1) is 0 Å². The molecule has 2 atom stereocenters. The van der Waals surface area contributed by atoms with E-state index in [1.165, 1.54) is 5.56 Å². The van der Waals surface area contributed by atoms with Crippen LogP contribution < -0.4 is 0 Å². The molecule has 0 aromatic heterocycles. The summed E-state index contributed by atoms with van der Waals surface area (Å²) in [5.41, 5.74) is 1.42. The van der Waals surface area contributed by atoms with E-state index in [1.54, 1.807) is 0 Å². The summed E-state index contributed by atoms with van der Waals surface area (Å²) in [5.74, 6) is 0.616. The number of rotatable bonds is 2. The van der Waals surface area contributed by atoms with Gasteiger partial charge in [0.25, 0.3) is 0 Å². The van der Waals surface area contributed by atoms with E-state index in [1.807, 2.05) is 0 Å². The SMILES string of the molecule is [CH2-]C1CN(C)C1Cc1ccccc1.[Y]. The van der Waals surface area contributed by atoms with Crippen LogP contribution in [0.15, 0.2) is 30.3 Å². The zero-order chi connectivity index (χ0) is 9.26. The molecular weight excluding hydrogens is 247 g/mol. The minimum atomic E-state index is 0. The molecule has 1 radical (unpaired) electrons. The van der Waals surface area contributed by atoms with Crippen molar-refractivity contribution in [3.8, 4) is 0 Å². The van der Waals surface area contributed by atoms with Gasteiger partial charge >= 0.3 is 0 Å². The fraction of sp³-hybridized carbons (Fsp3) is 0.417. The monoisotopic (exact) mass is 263 g/mol. The molecule has 1 saturated heterocycles. The van der Waals surface area contributed by atoms with Crippen LogP contribution in [0.3, 0.4) is 0 Å². The largest absolute Gasteiger partial charge is 0.338 e. The average molecular weight is 263 g/mol. The van der Waals surface area contributed by atoms with E-state index in [0.29, 0.717) is 12.0 Å². The normalized spacial score (nSPS) is 26.4. The maximum Gasteiger partial charge on any atom is 0 e. The van der Waals surface area contributed by atoms with E-state index in [-0.39, 0.29) is 32.7 Å². The molecule has 1 fully saturated rings. The van der Waals surface area contributed by atoms with Crippen LogP contribution in [0, 0.1) is 12.8 Å². The van der Waals surface area contributed by atoms with Gasteiger partial charge in [-0.3, -0.25) is 0 Å². The topological polar surface area (TPSA) is 3.24 Å². The molecule has 73 valence electrons. The van der Waals surface area contributed by atoms with Gasteiger partial charge in [-0.15, -0.1) is 5.92 Å². The van der Waals surface area contributed by atoms with Crippen LogP contribution in [0.1, 0.15) is 5.56 Å². The zero-order valence-corrected chi connectivity index (χ0v) is 11.5. The summed E-state index contributed by atoms with van der Waals surface area (Å²) >= 11 is 0. The molecule has 14 heavy (non-hydrogen) atoms. The first-order valence-corrected chi connectivity index (χ1v) is 4.84. The van der Waals surface area contributed by atoms with Gasteiger partial charge in [-0.05, 0) is 31.6 Å².